The van der Waals surface area contributed by atoms with Gasteiger partial charge in [-0.2, -0.15) is 0 Å². The number of hydrogen-bond acceptors (Lipinski definition) is 1. The summed E-state index contributed by atoms with van der Waals surface area (Å²) in [5.74, 6) is -0.434. The van der Waals surface area contributed by atoms with E-state index >= 15 is 0 Å². The minimum Gasteiger partial charge on any atom is -0.481 e. The fourth-order valence-corrected chi connectivity index (χ4v) is 1.73. The van der Waals surface area contributed by atoms with Crippen molar-refractivity contribution in [1.82, 2.24) is 0 Å². The lowest BCUT2D eigenvalue weighted by atomic mass is 9.95. The molecule has 0 aliphatic heterocycles. The maximum atomic E-state index is 10.9. The van der Waals surface area contributed by atoms with E-state index in [0.29, 0.717) is 18.8 Å². The van der Waals surface area contributed by atoms with E-state index in [-0.39, 0.29) is 5.92 Å². The Morgan fingerprint density at radius 1 is 1.17 bits per heavy atom. The largest absolute Gasteiger partial charge is 0.481 e. The van der Waals surface area contributed by atoms with Crippen molar-refractivity contribution in [2.45, 2.75) is 53.4 Å². The third-order valence-electron chi connectivity index (χ3n) is 2.97. The molecule has 0 aliphatic rings. The molecule has 0 aliphatic carbocycles. The van der Waals surface area contributed by atoms with Gasteiger partial charge in [-0.3, -0.25) is 4.79 Å². The molecule has 2 heteroatoms. The second-order valence-corrected chi connectivity index (χ2v) is 4.54. The minimum atomic E-state index is -0.699. The third-order valence-corrected chi connectivity index (χ3v) is 2.97. The van der Waals surface area contributed by atoms with Crippen LogP contribution in [0.4, 0.5) is 0 Å². The van der Waals surface area contributed by atoms with Gasteiger partial charge in [0.25, 0.3) is 0 Å². The number of carboxylic acid groups (broad SMARTS) is 1. The van der Waals surface area contributed by atoms with Crippen molar-refractivity contribution in [3.8, 4) is 0 Å². The van der Waals surface area contributed by atoms with E-state index in [0.717, 1.165) is 5.56 Å². The minimum absolute atomic E-state index is 0.259. The van der Waals surface area contributed by atoms with E-state index in [1.807, 2.05) is 32.9 Å². The lowest BCUT2D eigenvalue weighted by Crippen LogP contribution is -2.15. The van der Waals surface area contributed by atoms with E-state index in [1.165, 1.54) is 5.56 Å². The fraction of sp³-hybridized carbons (Fsp3) is 0.562. The van der Waals surface area contributed by atoms with Crippen LogP contribution in [0.1, 0.15) is 58.1 Å². The first-order chi connectivity index (χ1) is 8.54. The molecule has 18 heavy (non-hydrogen) atoms. The summed E-state index contributed by atoms with van der Waals surface area (Å²) in [7, 11) is 0. The Labute approximate surface area is 111 Å². The highest BCUT2D eigenvalue weighted by Gasteiger charge is 2.15. The molecule has 0 saturated carbocycles. The predicted molar refractivity (Wildman–Crippen MR) is 77.0 cm³/mol. The molecule has 1 atom stereocenters. The van der Waals surface area contributed by atoms with Gasteiger partial charge < -0.3 is 5.11 Å². The summed E-state index contributed by atoms with van der Waals surface area (Å²) in [6.45, 7) is 10.2. The highest BCUT2D eigenvalue weighted by Crippen LogP contribution is 2.17. The standard InChI is InChI=1S/C14H20O2.C2H6/c1-4-12(14(15)16)9-11-5-7-13(8-6-11)10(2)3;1-2/h5-8,10,12H,4,9H2,1-3H3,(H,15,16);1-2H3. The SMILES string of the molecule is CC.CCC(Cc1ccc(C(C)C)cc1)C(=O)O. The lowest BCUT2D eigenvalue weighted by molar-refractivity contribution is -0.141. The predicted octanol–water partition coefficient (Wildman–Crippen LogP) is 4.49. The van der Waals surface area contributed by atoms with Crippen molar-refractivity contribution in [1.29, 1.82) is 0 Å². The van der Waals surface area contributed by atoms with Crippen LogP contribution in [0.15, 0.2) is 24.3 Å². The molecular weight excluding hydrogens is 224 g/mol. The monoisotopic (exact) mass is 250 g/mol. The zero-order valence-electron chi connectivity index (χ0n) is 12.2. The van der Waals surface area contributed by atoms with Gasteiger partial charge in [0.15, 0.2) is 0 Å². The molecule has 0 aromatic heterocycles. The summed E-state index contributed by atoms with van der Waals surface area (Å²) in [6.07, 6.45) is 1.31. The maximum absolute atomic E-state index is 10.9. The summed E-state index contributed by atoms with van der Waals surface area (Å²) in [6, 6.07) is 8.27. The summed E-state index contributed by atoms with van der Waals surface area (Å²) in [5, 5.41) is 8.98. The summed E-state index contributed by atoms with van der Waals surface area (Å²) < 4.78 is 0. The molecule has 2 nitrogen and oxygen atoms in total. The van der Waals surface area contributed by atoms with Crippen LogP contribution in [-0.4, -0.2) is 11.1 Å². The Hall–Kier alpha value is -1.31. The molecule has 1 N–H and O–H groups in total. The smallest absolute Gasteiger partial charge is 0.306 e. The van der Waals surface area contributed by atoms with Gasteiger partial charge in [0.1, 0.15) is 0 Å². The third kappa shape index (κ3) is 5.35. The summed E-state index contributed by atoms with van der Waals surface area (Å²) in [4.78, 5) is 10.9. The first-order valence-corrected chi connectivity index (χ1v) is 6.86. The van der Waals surface area contributed by atoms with Crippen LogP contribution in [0.3, 0.4) is 0 Å². The molecule has 1 aromatic carbocycles. The molecule has 0 amide bonds. The highest BCUT2D eigenvalue weighted by atomic mass is 16.4. The van der Waals surface area contributed by atoms with Crippen LogP contribution >= 0.6 is 0 Å². The number of hydrogen-bond donors (Lipinski definition) is 1. The summed E-state index contributed by atoms with van der Waals surface area (Å²) in [5.41, 5.74) is 2.41. The van der Waals surface area contributed by atoms with Crippen molar-refractivity contribution in [2.24, 2.45) is 5.92 Å². The average molecular weight is 250 g/mol. The van der Waals surface area contributed by atoms with Gasteiger partial charge in [-0.1, -0.05) is 58.9 Å². The van der Waals surface area contributed by atoms with Gasteiger partial charge in [0, 0.05) is 0 Å². The number of carboxylic acids is 1. The molecule has 0 spiro atoms. The normalized spacial score (nSPS) is 11.7. The maximum Gasteiger partial charge on any atom is 0.306 e. The van der Waals surface area contributed by atoms with Crippen LogP contribution in [0, 0.1) is 5.92 Å². The lowest BCUT2D eigenvalue weighted by Gasteiger charge is -2.11. The Bertz CT molecular complexity index is 339. The number of carbonyl (C=O) groups is 1. The van der Waals surface area contributed by atoms with Crippen LogP contribution in [0.2, 0.25) is 0 Å². The molecule has 0 radical (unpaired) electrons. The van der Waals surface area contributed by atoms with Crippen molar-refractivity contribution in [3.63, 3.8) is 0 Å². The van der Waals surface area contributed by atoms with Crippen LogP contribution in [-0.2, 0) is 11.2 Å². The van der Waals surface area contributed by atoms with Gasteiger partial charge in [-0.05, 0) is 29.9 Å². The van der Waals surface area contributed by atoms with Gasteiger partial charge in [-0.15, -0.1) is 0 Å². The molecule has 1 rings (SSSR count). The molecule has 1 unspecified atom stereocenters. The Kier molecular flexibility index (Phi) is 8.10. The Morgan fingerprint density at radius 2 is 1.67 bits per heavy atom. The van der Waals surface area contributed by atoms with Crippen molar-refractivity contribution >= 4 is 5.97 Å². The highest BCUT2D eigenvalue weighted by molar-refractivity contribution is 5.70. The van der Waals surface area contributed by atoms with Crippen LogP contribution < -0.4 is 0 Å². The topological polar surface area (TPSA) is 37.3 Å². The van der Waals surface area contributed by atoms with Crippen molar-refractivity contribution < 1.29 is 9.90 Å². The van der Waals surface area contributed by atoms with E-state index in [9.17, 15) is 4.79 Å². The van der Waals surface area contributed by atoms with Crippen LogP contribution in [0.5, 0.6) is 0 Å². The molecule has 0 fully saturated rings. The number of benzene rings is 1. The second-order valence-electron chi connectivity index (χ2n) is 4.54. The Balaban J connectivity index is 0.00000137. The number of rotatable bonds is 5. The first-order valence-electron chi connectivity index (χ1n) is 6.86. The molecule has 0 heterocycles. The van der Waals surface area contributed by atoms with Gasteiger partial charge in [0.2, 0.25) is 0 Å². The van der Waals surface area contributed by atoms with Gasteiger partial charge in [-0.25, -0.2) is 0 Å². The molecule has 102 valence electrons. The zero-order valence-corrected chi connectivity index (χ0v) is 12.2. The van der Waals surface area contributed by atoms with E-state index in [4.69, 9.17) is 5.11 Å². The second kappa shape index (κ2) is 8.73. The molecule has 1 aromatic rings. The Morgan fingerprint density at radius 3 is 2.00 bits per heavy atom. The first kappa shape index (κ1) is 16.7. The van der Waals surface area contributed by atoms with Crippen LogP contribution in [0.25, 0.3) is 0 Å². The molecule has 0 bridgehead atoms. The zero-order chi connectivity index (χ0) is 14.1. The van der Waals surface area contributed by atoms with Gasteiger partial charge >= 0.3 is 5.97 Å². The molecule has 0 saturated heterocycles. The van der Waals surface area contributed by atoms with Crippen molar-refractivity contribution in [3.05, 3.63) is 35.4 Å². The van der Waals surface area contributed by atoms with E-state index in [2.05, 4.69) is 26.0 Å². The average Bonchev–Trinajstić information content (AvgIpc) is 2.38. The summed E-state index contributed by atoms with van der Waals surface area (Å²) >= 11 is 0. The van der Waals surface area contributed by atoms with E-state index in [1.54, 1.807) is 0 Å². The molecular formula is C16H26O2. The quantitative estimate of drug-likeness (QED) is 0.836. The van der Waals surface area contributed by atoms with E-state index < -0.39 is 5.97 Å². The fourth-order valence-electron chi connectivity index (χ4n) is 1.73. The van der Waals surface area contributed by atoms with Gasteiger partial charge in [0.05, 0.1) is 5.92 Å². The number of aliphatic carboxylic acids is 1. The van der Waals surface area contributed by atoms with Crippen molar-refractivity contribution in [2.75, 3.05) is 0 Å².